The zero-order valence-electron chi connectivity index (χ0n) is 17.0. The number of nitrogens with zero attached hydrogens (tertiary/aromatic N) is 3. The molecular weight excluding hydrogens is 376 g/mol. The van der Waals surface area contributed by atoms with E-state index in [-0.39, 0.29) is 17.7 Å². The smallest absolute Gasteiger partial charge is 0.224 e. The SMILES string of the molecule is Cc1nc(CCNC(=O)C2CCC(=O)N(CCCN3CCOCC3)C2)sc1C. The van der Waals surface area contributed by atoms with E-state index in [2.05, 4.69) is 22.1 Å². The molecule has 7 nitrogen and oxygen atoms in total. The Labute approximate surface area is 171 Å². The molecule has 2 aliphatic rings. The fourth-order valence-corrected chi connectivity index (χ4v) is 4.67. The van der Waals surface area contributed by atoms with Gasteiger partial charge in [0.1, 0.15) is 0 Å². The Morgan fingerprint density at radius 1 is 1.29 bits per heavy atom. The number of carbonyl (C=O) groups excluding carboxylic acids is 2. The Balaban J connectivity index is 1.38. The van der Waals surface area contributed by atoms with Crippen molar-refractivity contribution in [2.24, 2.45) is 5.92 Å². The molecule has 156 valence electrons. The van der Waals surface area contributed by atoms with Crippen molar-refractivity contribution in [1.29, 1.82) is 0 Å². The predicted octanol–water partition coefficient (Wildman–Crippen LogP) is 1.38. The molecule has 28 heavy (non-hydrogen) atoms. The Bertz CT molecular complexity index is 653. The molecule has 0 spiro atoms. The van der Waals surface area contributed by atoms with Gasteiger partial charge in [0.15, 0.2) is 0 Å². The molecule has 3 heterocycles. The number of morpholine rings is 1. The van der Waals surface area contributed by atoms with E-state index in [0.29, 0.717) is 25.9 Å². The molecule has 0 bridgehead atoms. The molecule has 1 aromatic rings. The summed E-state index contributed by atoms with van der Waals surface area (Å²) < 4.78 is 5.37. The Hall–Kier alpha value is -1.51. The average Bonchev–Trinajstić information content (AvgIpc) is 3.01. The lowest BCUT2D eigenvalue weighted by molar-refractivity contribution is -0.138. The number of ether oxygens (including phenoxy) is 1. The van der Waals surface area contributed by atoms with E-state index >= 15 is 0 Å². The predicted molar refractivity (Wildman–Crippen MR) is 109 cm³/mol. The van der Waals surface area contributed by atoms with Gasteiger partial charge in [0.05, 0.1) is 29.8 Å². The van der Waals surface area contributed by atoms with Gasteiger partial charge in [-0.05, 0) is 26.7 Å². The largest absolute Gasteiger partial charge is 0.379 e. The summed E-state index contributed by atoms with van der Waals surface area (Å²) in [5, 5.41) is 4.11. The number of carbonyl (C=O) groups is 2. The Morgan fingerprint density at radius 2 is 2.07 bits per heavy atom. The number of nitrogens with one attached hydrogen (secondary N) is 1. The van der Waals surface area contributed by atoms with Crippen molar-refractivity contribution in [2.75, 3.05) is 52.5 Å². The van der Waals surface area contributed by atoms with Crippen LogP contribution in [0.15, 0.2) is 0 Å². The third kappa shape index (κ3) is 5.99. The molecule has 0 saturated carbocycles. The van der Waals surface area contributed by atoms with E-state index in [1.807, 2.05) is 11.8 Å². The fourth-order valence-electron chi connectivity index (χ4n) is 3.74. The van der Waals surface area contributed by atoms with Crippen LogP contribution in [-0.2, 0) is 20.7 Å². The van der Waals surface area contributed by atoms with Gasteiger partial charge in [-0.25, -0.2) is 4.98 Å². The van der Waals surface area contributed by atoms with Crippen LogP contribution in [-0.4, -0.2) is 79.1 Å². The topological polar surface area (TPSA) is 74.8 Å². The summed E-state index contributed by atoms with van der Waals surface area (Å²) >= 11 is 1.70. The van der Waals surface area contributed by atoms with Crippen molar-refractivity contribution in [3.05, 3.63) is 15.6 Å². The maximum Gasteiger partial charge on any atom is 0.224 e. The first-order valence-electron chi connectivity index (χ1n) is 10.3. The number of thiazole rings is 1. The Morgan fingerprint density at radius 3 is 2.79 bits per heavy atom. The molecule has 8 heteroatoms. The number of aryl methyl sites for hydroxylation is 2. The van der Waals surface area contributed by atoms with Crippen molar-refractivity contribution in [1.82, 2.24) is 20.1 Å². The van der Waals surface area contributed by atoms with E-state index in [9.17, 15) is 9.59 Å². The van der Waals surface area contributed by atoms with Gasteiger partial charge in [-0.3, -0.25) is 14.5 Å². The minimum atomic E-state index is -0.0964. The molecule has 1 N–H and O–H groups in total. The summed E-state index contributed by atoms with van der Waals surface area (Å²) in [6.07, 6.45) is 2.84. The molecule has 0 radical (unpaired) electrons. The maximum atomic E-state index is 12.5. The van der Waals surface area contributed by atoms with Crippen molar-refractivity contribution in [2.45, 2.75) is 39.5 Å². The van der Waals surface area contributed by atoms with Crippen molar-refractivity contribution in [3.63, 3.8) is 0 Å². The maximum absolute atomic E-state index is 12.5. The van der Waals surface area contributed by atoms with Gasteiger partial charge in [0, 0.05) is 57.0 Å². The van der Waals surface area contributed by atoms with Gasteiger partial charge in [0.25, 0.3) is 0 Å². The van der Waals surface area contributed by atoms with Gasteiger partial charge >= 0.3 is 0 Å². The van der Waals surface area contributed by atoms with E-state index in [1.165, 1.54) is 4.88 Å². The minimum Gasteiger partial charge on any atom is -0.379 e. The highest BCUT2D eigenvalue weighted by Crippen LogP contribution is 2.19. The fraction of sp³-hybridized carbons (Fsp3) is 0.750. The molecule has 2 saturated heterocycles. The highest BCUT2D eigenvalue weighted by molar-refractivity contribution is 7.11. The summed E-state index contributed by atoms with van der Waals surface area (Å²) in [7, 11) is 0. The van der Waals surface area contributed by atoms with Crippen LogP contribution in [0.4, 0.5) is 0 Å². The second kappa shape index (κ2) is 10.3. The lowest BCUT2D eigenvalue weighted by Gasteiger charge is -2.33. The van der Waals surface area contributed by atoms with E-state index in [1.54, 1.807) is 11.3 Å². The first kappa shape index (κ1) is 21.2. The standard InChI is InChI=1S/C20H32N4O3S/c1-15-16(2)28-18(22-15)6-7-21-20(26)17-4-5-19(25)24(14-17)9-3-8-23-10-12-27-13-11-23/h17H,3-14H2,1-2H3,(H,21,26). The number of aromatic nitrogens is 1. The van der Waals surface area contributed by atoms with E-state index in [0.717, 1.165) is 62.9 Å². The van der Waals surface area contributed by atoms with Gasteiger partial charge in [-0.15, -0.1) is 11.3 Å². The number of rotatable bonds is 8. The number of amides is 2. The molecule has 1 atom stereocenters. The third-order valence-electron chi connectivity index (χ3n) is 5.59. The van der Waals surface area contributed by atoms with Gasteiger partial charge in [0.2, 0.25) is 11.8 Å². The molecule has 0 aromatic carbocycles. The van der Waals surface area contributed by atoms with Crippen LogP contribution in [0.25, 0.3) is 0 Å². The number of piperidine rings is 1. The zero-order chi connectivity index (χ0) is 19.9. The molecule has 1 aromatic heterocycles. The monoisotopic (exact) mass is 408 g/mol. The molecule has 3 rings (SSSR count). The lowest BCUT2D eigenvalue weighted by atomic mass is 9.96. The molecule has 2 aliphatic heterocycles. The number of hydrogen-bond donors (Lipinski definition) is 1. The van der Waals surface area contributed by atoms with Crippen molar-refractivity contribution < 1.29 is 14.3 Å². The average molecular weight is 409 g/mol. The van der Waals surface area contributed by atoms with Gasteiger partial charge in [-0.1, -0.05) is 0 Å². The molecule has 0 aliphatic carbocycles. The van der Waals surface area contributed by atoms with Gasteiger partial charge < -0.3 is 15.0 Å². The third-order valence-corrected chi connectivity index (χ3v) is 6.72. The summed E-state index contributed by atoms with van der Waals surface area (Å²) in [4.78, 5) is 34.8. The second-order valence-corrected chi connectivity index (χ2v) is 8.96. The van der Waals surface area contributed by atoms with Gasteiger partial charge in [-0.2, -0.15) is 0 Å². The summed E-state index contributed by atoms with van der Waals surface area (Å²) in [5.74, 6) is 0.149. The molecule has 2 amide bonds. The summed E-state index contributed by atoms with van der Waals surface area (Å²) in [5.41, 5.74) is 1.07. The normalized spacial score (nSPS) is 21.1. The molecular formula is C20H32N4O3S. The Kier molecular flexibility index (Phi) is 7.82. The zero-order valence-corrected chi connectivity index (χ0v) is 17.9. The highest BCUT2D eigenvalue weighted by Gasteiger charge is 2.29. The van der Waals surface area contributed by atoms with E-state index in [4.69, 9.17) is 4.74 Å². The lowest BCUT2D eigenvalue weighted by Crippen LogP contribution is -2.47. The van der Waals surface area contributed by atoms with Crippen LogP contribution >= 0.6 is 11.3 Å². The van der Waals surface area contributed by atoms with Crippen LogP contribution in [0.3, 0.4) is 0 Å². The number of hydrogen-bond acceptors (Lipinski definition) is 6. The van der Waals surface area contributed by atoms with Crippen molar-refractivity contribution >= 4 is 23.2 Å². The van der Waals surface area contributed by atoms with Crippen LogP contribution < -0.4 is 5.32 Å². The summed E-state index contributed by atoms with van der Waals surface area (Å²) in [6, 6.07) is 0. The van der Waals surface area contributed by atoms with E-state index < -0.39 is 0 Å². The number of likely N-dealkylation sites (tertiary alicyclic amines) is 1. The quantitative estimate of drug-likeness (QED) is 0.703. The second-order valence-electron chi connectivity index (χ2n) is 7.67. The van der Waals surface area contributed by atoms with Crippen LogP contribution in [0.5, 0.6) is 0 Å². The minimum absolute atomic E-state index is 0.0654. The first-order chi connectivity index (χ1) is 13.5. The first-order valence-corrected chi connectivity index (χ1v) is 11.1. The highest BCUT2D eigenvalue weighted by atomic mass is 32.1. The van der Waals surface area contributed by atoms with Crippen molar-refractivity contribution in [3.8, 4) is 0 Å². The van der Waals surface area contributed by atoms with Crippen LogP contribution in [0.2, 0.25) is 0 Å². The van der Waals surface area contributed by atoms with Crippen LogP contribution in [0.1, 0.15) is 34.8 Å². The van der Waals surface area contributed by atoms with Crippen LogP contribution in [0, 0.1) is 19.8 Å². The summed E-state index contributed by atoms with van der Waals surface area (Å²) in [6.45, 7) is 10.5. The molecule has 1 unspecified atom stereocenters. The molecule has 2 fully saturated rings.